The molecule has 0 saturated heterocycles. The second-order valence-corrected chi connectivity index (χ2v) is 4.93. The van der Waals surface area contributed by atoms with Crippen LogP contribution in [-0.2, 0) is 0 Å². The summed E-state index contributed by atoms with van der Waals surface area (Å²) in [5, 5.41) is 15.6. The molecule has 0 radical (unpaired) electrons. The van der Waals surface area contributed by atoms with Gasteiger partial charge in [-0.25, -0.2) is 8.78 Å². The molecule has 0 fully saturated rings. The zero-order valence-corrected chi connectivity index (χ0v) is 12.9. The van der Waals surface area contributed by atoms with E-state index in [4.69, 9.17) is 5.11 Å². The molecule has 130 valence electrons. The Morgan fingerprint density at radius 2 is 1.36 bits per heavy atom. The first-order chi connectivity index (χ1) is 11.9. The molecular weight excluding hydrogens is 336 g/mol. The number of rotatable bonds is 6. The highest BCUT2D eigenvalue weighted by Crippen LogP contribution is 2.13. The summed E-state index contributed by atoms with van der Waals surface area (Å²) in [6, 6.07) is 17.5. The second kappa shape index (κ2) is 8.34. The van der Waals surface area contributed by atoms with Gasteiger partial charge in [-0.1, -0.05) is 60.7 Å². The van der Waals surface area contributed by atoms with Crippen LogP contribution in [0.25, 0.3) is 0 Å². The molecule has 25 heavy (non-hydrogen) atoms. The molecule has 1 N–H and O–H groups in total. The van der Waals surface area contributed by atoms with Crippen molar-refractivity contribution in [1.29, 1.82) is 0 Å². The number of halogens is 4. The number of alkyl halides is 4. The highest BCUT2D eigenvalue weighted by atomic mass is 19.3. The number of benzene rings is 2. The lowest BCUT2D eigenvalue weighted by atomic mass is 10.0. The minimum atomic E-state index is -4.21. The third-order valence-electron chi connectivity index (χ3n) is 3.04. The first-order valence-corrected chi connectivity index (χ1v) is 7.21. The Kier molecular flexibility index (Phi) is 6.19. The van der Waals surface area contributed by atoms with E-state index in [0.717, 1.165) is 0 Å². The Morgan fingerprint density at radius 1 is 0.880 bits per heavy atom. The van der Waals surface area contributed by atoms with Crippen molar-refractivity contribution in [2.75, 3.05) is 0 Å². The molecule has 0 spiro atoms. The van der Waals surface area contributed by atoms with Crippen molar-refractivity contribution < 1.29 is 22.7 Å². The average molecular weight is 350 g/mol. The predicted molar refractivity (Wildman–Crippen MR) is 88.3 cm³/mol. The molecule has 2 aromatic rings. The van der Waals surface area contributed by atoms with E-state index in [1.165, 1.54) is 0 Å². The van der Waals surface area contributed by atoms with E-state index in [0.29, 0.717) is 22.9 Å². The van der Waals surface area contributed by atoms with Crippen molar-refractivity contribution in [2.45, 2.75) is 12.5 Å². The van der Waals surface area contributed by atoms with Gasteiger partial charge in [-0.2, -0.15) is 8.78 Å². The summed E-state index contributed by atoms with van der Waals surface area (Å²) in [7, 11) is 0. The molecule has 0 atom stereocenters. The molecule has 0 aliphatic carbocycles. The molecular formula is C18H14F4N2O. The fourth-order valence-corrected chi connectivity index (χ4v) is 1.92. The van der Waals surface area contributed by atoms with Crippen LogP contribution in [0.3, 0.4) is 0 Å². The lowest BCUT2D eigenvalue weighted by molar-refractivity contribution is -0.154. The summed E-state index contributed by atoms with van der Waals surface area (Å²) in [6.07, 6.45) is -7.06. The zero-order valence-electron chi connectivity index (χ0n) is 12.9. The molecule has 2 rings (SSSR count). The van der Waals surface area contributed by atoms with Gasteiger partial charge in [0.25, 0.3) is 6.43 Å². The summed E-state index contributed by atoms with van der Waals surface area (Å²) in [6.45, 7) is 0. The van der Waals surface area contributed by atoms with Gasteiger partial charge in [-0.05, 0) is 6.08 Å². The maximum absolute atomic E-state index is 13.0. The normalized spacial score (nSPS) is 12.6. The van der Waals surface area contributed by atoms with Gasteiger partial charge >= 0.3 is 6.11 Å². The number of hydrogen-bond acceptors (Lipinski definition) is 3. The quantitative estimate of drug-likeness (QED) is 0.472. The van der Waals surface area contributed by atoms with Crippen LogP contribution >= 0.6 is 0 Å². The molecule has 0 heterocycles. The van der Waals surface area contributed by atoms with E-state index in [1.807, 2.05) is 0 Å². The summed E-state index contributed by atoms with van der Waals surface area (Å²) in [4.78, 5) is 0. The van der Waals surface area contributed by atoms with Crippen LogP contribution < -0.4 is 0 Å². The molecule has 0 saturated carbocycles. The van der Waals surface area contributed by atoms with Crippen molar-refractivity contribution in [2.24, 2.45) is 10.2 Å². The number of nitrogens with zero attached hydrogens (tertiary/aromatic N) is 2. The van der Waals surface area contributed by atoms with E-state index >= 15 is 0 Å². The largest absolute Gasteiger partial charge is 0.374 e. The first kappa shape index (κ1) is 18.5. The van der Waals surface area contributed by atoms with Gasteiger partial charge in [-0.15, -0.1) is 10.2 Å². The molecule has 0 aliphatic rings. The maximum atomic E-state index is 13.0. The smallest absolute Gasteiger partial charge is 0.333 e. The Balaban J connectivity index is 2.47. The summed E-state index contributed by atoms with van der Waals surface area (Å²) in [5.74, 6) is 0. The Hall–Kier alpha value is -2.80. The monoisotopic (exact) mass is 350 g/mol. The van der Waals surface area contributed by atoms with E-state index in [9.17, 15) is 17.6 Å². The zero-order chi connectivity index (χ0) is 18.3. The van der Waals surface area contributed by atoms with Gasteiger partial charge in [0, 0.05) is 17.2 Å². The molecule has 0 aromatic heterocycles. The van der Waals surface area contributed by atoms with Gasteiger partial charge in [0.2, 0.25) is 0 Å². The topological polar surface area (TPSA) is 45.0 Å². The van der Waals surface area contributed by atoms with Gasteiger partial charge in [0.15, 0.2) is 0 Å². The number of aliphatic hydroxyl groups is 1. The third kappa shape index (κ3) is 5.96. The number of allylic oxidation sites excluding steroid dienone is 1. The summed E-state index contributed by atoms with van der Waals surface area (Å²) >= 11 is 0. The average Bonchev–Trinajstić information content (AvgIpc) is 2.58. The van der Waals surface area contributed by atoms with Crippen LogP contribution in [0, 0.1) is 0 Å². The number of hydrogen-bond donors (Lipinski definition) is 1. The molecule has 2 aromatic carbocycles. The fraction of sp³-hybridized carbons (Fsp3) is 0.111. The highest BCUT2D eigenvalue weighted by Gasteiger charge is 2.21. The lowest BCUT2D eigenvalue weighted by Gasteiger charge is -2.06. The molecule has 0 unspecified atom stereocenters. The van der Waals surface area contributed by atoms with Crippen molar-refractivity contribution in [3.8, 4) is 0 Å². The minimum absolute atomic E-state index is 0.0712. The first-order valence-electron chi connectivity index (χ1n) is 7.21. The maximum Gasteiger partial charge on any atom is 0.374 e. The van der Waals surface area contributed by atoms with Gasteiger partial charge in [-0.3, -0.25) is 0 Å². The van der Waals surface area contributed by atoms with Crippen molar-refractivity contribution in [3.05, 3.63) is 83.9 Å². The van der Waals surface area contributed by atoms with Crippen molar-refractivity contribution in [3.63, 3.8) is 0 Å². The Morgan fingerprint density at radius 3 is 1.76 bits per heavy atom. The Bertz CT molecular complexity index is 725. The van der Waals surface area contributed by atoms with E-state index in [2.05, 4.69) is 10.2 Å². The standard InChI is InChI=1S/C18H14F4N2O/c19-17(20)15(11-12-18(21,22)25)23-24-16(13-7-3-1-4-8-13)14-9-5-2-6-10-14/h1-12,17,25H. The van der Waals surface area contributed by atoms with Crippen molar-refractivity contribution >= 4 is 11.4 Å². The predicted octanol–water partition coefficient (Wildman–Crippen LogP) is 4.29. The van der Waals surface area contributed by atoms with E-state index < -0.39 is 18.2 Å². The molecule has 0 amide bonds. The molecule has 0 aliphatic heterocycles. The SMILES string of the molecule is OC(F)(F)C=CC(=NN=C(c1ccccc1)c1ccccc1)C(F)F. The third-order valence-corrected chi connectivity index (χ3v) is 3.04. The van der Waals surface area contributed by atoms with Crippen molar-refractivity contribution in [1.82, 2.24) is 0 Å². The molecule has 3 nitrogen and oxygen atoms in total. The van der Waals surface area contributed by atoms with Crippen LogP contribution in [0.1, 0.15) is 11.1 Å². The van der Waals surface area contributed by atoms with Crippen LogP contribution in [0.5, 0.6) is 0 Å². The van der Waals surface area contributed by atoms with E-state index in [1.54, 1.807) is 60.7 Å². The van der Waals surface area contributed by atoms with Crippen LogP contribution in [0.2, 0.25) is 0 Å². The minimum Gasteiger partial charge on any atom is -0.333 e. The van der Waals surface area contributed by atoms with Gasteiger partial charge < -0.3 is 5.11 Å². The van der Waals surface area contributed by atoms with Crippen LogP contribution in [0.4, 0.5) is 17.6 Å². The Labute approximate surface area is 141 Å². The molecule has 7 heteroatoms. The highest BCUT2D eigenvalue weighted by molar-refractivity contribution is 6.13. The fourth-order valence-electron chi connectivity index (χ4n) is 1.92. The summed E-state index contributed by atoms with van der Waals surface area (Å²) in [5.41, 5.74) is 0.576. The lowest BCUT2D eigenvalue weighted by Crippen LogP contribution is -2.13. The molecule has 0 bridgehead atoms. The van der Waals surface area contributed by atoms with Crippen LogP contribution in [-0.4, -0.2) is 29.1 Å². The summed E-state index contributed by atoms with van der Waals surface area (Å²) < 4.78 is 50.7. The second-order valence-electron chi connectivity index (χ2n) is 4.93. The van der Waals surface area contributed by atoms with Gasteiger partial charge in [0.1, 0.15) is 11.4 Å². The van der Waals surface area contributed by atoms with E-state index in [-0.39, 0.29) is 6.08 Å². The van der Waals surface area contributed by atoms with Crippen LogP contribution in [0.15, 0.2) is 83.0 Å². The van der Waals surface area contributed by atoms with Gasteiger partial charge in [0.05, 0.1) is 0 Å².